The average Bonchev–Trinajstić information content (AvgIpc) is 2.88. The molecule has 9 nitrogen and oxygen atoms in total. The number of nitrogens with two attached hydrogens (primary N) is 1. The van der Waals surface area contributed by atoms with E-state index in [1.807, 2.05) is 13.8 Å². The van der Waals surface area contributed by atoms with Crippen molar-refractivity contribution in [1.82, 2.24) is 15.6 Å². The van der Waals surface area contributed by atoms with Gasteiger partial charge in [0, 0.05) is 6.54 Å². The molecule has 1 atom stereocenters. The molecule has 0 amide bonds. The van der Waals surface area contributed by atoms with Crippen LogP contribution < -0.4 is 15.8 Å². The third kappa shape index (κ3) is 8.60. The van der Waals surface area contributed by atoms with Gasteiger partial charge in [0.25, 0.3) is 0 Å². The topological polar surface area (TPSA) is 136 Å². The number of hydrogen-bond donors (Lipinski definition) is 3. The molecule has 1 heterocycles. The molecule has 12 heteroatoms. The number of aromatic nitrogens is 1. The Bertz CT molecular complexity index is 721. The van der Waals surface area contributed by atoms with Crippen molar-refractivity contribution >= 4 is 57.3 Å². The van der Waals surface area contributed by atoms with E-state index in [0.717, 1.165) is 0 Å². The first-order valence-electron chi connectivity index (χ1n) is 7.87. The number of esters is 1. The summed E-state index contributed by atoms with van der Waals surface area (Å²) < 4.78 is 27.0. The van der Waals surface area contributed by atoms with E-state index in [1.54, 1.807) is 13.8 Å². The minimum Gasteiger partial charge on any atom is -0.462 e. The van der Waals surface area contributed by atoms with Crippen molar-refractivity contribution < 1.29 is 17.9 Å². The summed E-state index contributed by atoms with van der Waals surface area (Å²) >= 11 is 1.26. The zero-order chi connectivity index (χ0) is 19.0. The normalized spacial score (nSPS) is 12.9. The molecule has 1 rings (SSSR count). The summed E-state index contributed by atoms with van der Waals surface area (Å²) in [7, 11) is -3.56. The van der Waals surface area contributed by atoms with Crippen LogP contribution in [-0.4, -0.2) is 50.8 Å². The van der Waals surface area contributed by atoms with Gasteiger partial charge in [0.05, 0.1) is 30.6 Å². The van der Waals surface area contributed by atoms with E-state index in [9.17, 15) is 13.2 Å². The molecular weight excluding hydrogens is 493 g/mol. The van der Waals surface area contributed by atoms with Gasteiger partial charge in [-0.25, -0.2) is 23.3 Å². The largest absolute Gasteiger partial charge is 0.462 e. The lowest BCUT2D eigenvalue weighted by molar-refractivity contribution is 0.0531. The SMILES string of the molecule is CCNC(=NCCS(N)(=O)=O)NC(C)c1nc(C)c(C(=O)OCC)s1.I. The van der Waals surface area contributed by atoms with E-state index >= 15 is 0 Å². The predicted molar refractivity (Wildman–Crippen MR) is 114 cm³/mol. The summed E-state index contributed by atoms with van der Waals surface area (Å²) in [5.74, 6) is -0.171. The first-order chi connectivity index (χ1) is 11.7. The van der Waals surface area contributed by atoms with Gasteiger partial charge in [-0.3, -0.25) is 4.99 Å². The van der Waals surface area contributed by atoms with Crippen LogP contribution in [0.1, 0.15) is 47.2 Å². The lowest BCUT2D eigenvalue weighted by Crippen LogP contribution is -2.39. The lowest BCUT2D eigenvalue weighted by atomic mass is 10.3. The number of ether oxygens (including phenoxy) is 1. The number of guanidine groups is 1. The molecule has 0 aromatic carbocycles. The fourth-order valence-electron chi connectivity index (χ4n) is 1.86. The summed E-state index contributed by atoms with van der Waals surface area (Å²) in [4.78, 5) is 20.9. The first-order valence-corrected chi connectivity index (χ1v) is 10.4. The van der Waals surface area contributed by atoms with Crippen LogP contribution in [0.5, 0.6) is 0 Å². The summed E-state index contributed by atoms with van der Waals surface area (Å²) in [6, 6.07) is -0.223. The van der Waals surface area contributed by atoms with Crippen molar-refractivity contribution in [3.63, 3.8) is 0 Å². The Morgan fingerprint density at radius 2 is 2.08 bits per heavy atom. The second-order valence-electron chi connectivity index (χ2n) is 5.18. The number of nitrogens with zero attached hydrogens (tertiary/aromatic N) is 2. The number of nitrogens with one attached hydrogen (secondary N) is 2. The smallest absolute Gasteiger partial charge is 0.350 e. The summed E-state index contributed by atoms with van der Waals surface area (Å²) in [6.45, 7) is 8.24. The fraction of sp³-hybridized carbons (Fsp3) is 0.643. The lowest BCUT2D eigenvalue weighted by Gasteiger charge is -2.15. The number of sulfonamides is 1. The standard InChI is InChI=1S/C14H25N5O4S2.HI/c1-5-16-14(17-7-8-25(15,21)22)19-10(4)12-18-9(3)11(24-12)13(20)23-6-2;/h10H,5-8H2,1-4H3,(H2,15,21,22)(H2,16,17,19);1H. The third-order valence-corrected chi connectivity index (χ3v) is 5.06. The van der Waals surface area contributed by atoms with Crippen LogP contribution in [0.25, 0.3) is 0 Å². The molecule has 1 unspecified atom stereocenters. The highest BCUT2D eigenvalue weighted by atomic mass is 127. The number of primary sulfonamides is 1. The number of halogens is 1. The van der Waals surface area contributed by atoms with Crippen molar-refractivity contribution in [3.05, 3.63) is 15.6 Å². The fourth-order valence-corrected chi connectivity index (χ4v) is 3.17. The summed E-state index contributed by atoms with van der Waals surface area (Å²) in [5.41, 5.74) is 0.614. The number of aliphatic imine (C=N–C) groups is 1. The molecule has 4 N–H and O–H groups in total. The van der Waals surface area contributed by atoms with Gasteiger partial charge in [-0.1, -0.05) is 0 Å². The molecule has 26 heavy (non-hydrogen) atoms. The van der Waals surface area contributed by atoms with Gasteiger partial charge < -0.3 is 15.4 Å². The van der Waals surface area contributed by atoms with Gasteiger partial charge in [0.1, 0.15) is 9.88 Å². The number of thiazole rings is 1. The van der Waals surface area contributed by atoms with E-state index < -0.39 is 10.0 Å². The number of carbonyl (C=O) groups is 1. The molecule has 1 aromatic rings. The van der Waals surface area contributed by atoms with Crippen LogP contribution >= 0.6 is 35.3 Å². The Morgan fingerprint density at radius 3 is 2.62 bits per heavy atom. The third-order valence-electron chi connectivity index (χ3n) is 2.99. The zero-order valence-electron chi connectivity index (χ0n) is 15.2. The van der Waals surface area contributed by atoms with Crippen molar-refractivity contribution in [2.45, 2.75) is 33.7 Å². The van der Waals surface area contributed by atoms with Gasteiger partial charge >= 0.3 is 5.97 Å². The van der Waals surface area contributed by atoms with E-state index in [1.165, 1.54) is 11.3 Å². The van der Waals surface area contributed by atoms with Crippen LogP contribution in [0.2, 0.25) is 0 Å². The molecule has 0 aliphatic heterocycles. The van der Waals surface area contributed by atoms with E-state index in [0.29, 0.717) is 34.7 Å². The van der Waals surface area contributed by atoms with Crippen molar-refractivity contribution in [3.8, 4) is 0 Å². The van der Waals surface area contributed by atoms with Crippen LogP contribution in [0.15, 0.2) is 4.99 Å². The molecule has 1 aromatic heterocycles. The maximum absolute atomic E-state index is 11.9. The summed E-state index contributed by atoms with van der Waals surface area (Å²) in [6.07, 6.45) is 0. The molecule has 0 saturated heterocycles. The predicted octanol–water partition coefficient (Wildman–Crippen LogP) is 1.15. The average molecular weight is 519 g/mol. The highest BCUT2D eigenvalue weighted by Crippen LogP contribution is 2.24. The number of aryl methyl sites for hydroxylation is 1. The molecule has 0 aliphatic carbocycles. The maximum Gasteiger partial charge on any atom is 0.350 e. The Labute approximate surface area is 175 Å². The number of carbonyl (C=O) groups excluding carboxylic acids is 1. The van der Waals surface area contributed by atoms with Crippen LogP contribution in [0.3, 0.4) is 0 Å². The monoisotopic (exact) mass is 519 g/mol. The second kappa shape index (κ2) is 11.7. The van der Waals surface area contributed by atoms with Gasteiger partial charge in [-0.05, 0) is 27.7 Å². The minimum absolute atomic E-state index is 0. The zero-order valence-corrected chi connectivity index (χ0v) is 19.2. The highest BCUT2D eigenvalue weighted by Gasteiger charge is 2.20. The van der Waals surface area contributed by atoms with E-state index in [4.69, 9.17) is 9.88 Å². The Balaban J connectivity index is 0.00000625. The van der Waals surface area contributed by atoms with Crippen LogP contribution in [0, 0.1) is 6.92 Å². The van der Waals surface area contributed by atoms with Gasteiger partial charge in [-0.15, -0.1) is 35.3 Å². The highest BCUT2D eigenvalue weighted by molar-refractivity contribution is 14.0. The molecule has 0 aliphatic rings. The molecule has 0 spiro atoms. The summed E-state index contributed by atoms with van der Waals surface area (Å²) in [5, 5.41) is 11.8. The quantitative estimate of drug-likeness (QED) is 0.203. The molecule has 0 bridgehead atoms. The van der Waals surface area contributed by atoms with Crippen molar-refractivity contribution in [1.29, 1.82) is 0 Å². The van der Waals surface area contributed by atoms with E-state index in [-0.39, 0.29) is 48.3 Å². The number of hydrogen-bond acceptors (Lipinski definition) is 7. The maximum atomic E-state index is 11.9. The Hall–Kier alpha value is -0.990. The van der Waals surface area contributed by atoms with Gasteiger partial charge in [-0.2, -0.15) is 0 Å². The van der Waals surface area contributed by atoms with Crippen molar-refractivity contribution in [2.75, 3.05) is 25.4 Å². The molecule has 0 saturated carbocycles. The van der Waals surface area contributed by atoms with Gasteiger partial charge in [0.15, 0.2) is 5.96 Å². The van der Waals surface area contributed by atoms with Crippen LogP contribution in [-0.2, 0) is 14.8 Å². The number of rotatable bonds is 8. The minimum atomic E-state index is -3.56. The Morgan fingerprint density at radius 1 is 1.42 bits per heavy atom. The first kappa shape index (κ1) is 25.0. The van der Waals surface area contributed by atoms with Crippen molar-refractivity contribution in [2.24, 2.45) is 10.1 Å². The second-order valence-corrected chi connectivity index (χ2v) is 7.95. The van der Waals surface area contributed by atoms with Crippen LogP contribution in [0.4, 0.5) is 0 Å². The molecule has 150 valence electrons. The van der Waals surface area contributed by atoms with E-state index in [2.05, 4.69) is 20.6 Å². The van der Waals surface area contributed by atoms with Gasteiger partial charge in [0.2, 0.25) is 10.0 Å². The Kier molecular flexibility index (Phi) is 11.2. The molecular formula is C14H26IN5O4S2. The molecule has 0 fully saturated rings. The molecule has 0 radical (unpaired) electrons.